The zero-order valence-corrected chi connectivity index (χ0v) is 7.89. The van der Waals surface area contributed by atoms with Crippen LogP contribution in [0.3, 0.4) is 0 Å². The van der Waals surface area contributed by atoms with E-state index in [1.54, 1.807) is 0 Å². The molecule has 0 saturated carbocycles. The van der Waals surface area contributed by atoms with E-state index >= 15 is 0 Å². The summed E-state index contributed by atoms with van der Waals surface area (Å²) in [7, 11) is 0. The average molecular weight is 151 g/mol. The summed E-state index contributed by atoms with van der Waals surface area (Å²) in [6, 6.07) is 0. The van der Waals surface area contributed by atoms with Gasteiger partial charge in [-0.25, -0.2) is 0 Å². The molecule has 0 aliphatic carbocycles. The largest absolute Gasteiger partial charge is 0.259 e. The van der Waals surface area contributed by atoms with Gasteiger partial charge in [-0.3, -0.25) is 4.99 Å². The molecule has 0 radical (unpaired) electrons. The van der Waals surface area contributed by atoms with E-state index in [0.29, 0.717) is 0 Å². The van der Waals surface area contributed by atoms with Crippen molar-refractivity contribution in [2.75, 3.05) is 0 Å². The topological polar surface area (TPSA) is 12.4 Å². The van der Waals surface area contributed by atoms with Crippen LogP contribution in [0.2, 0.25) is 0 Å². The lowest BCUT2D eigenvalue weighted by atomic mass is 10.3. The summed E-state index contributed by atoms with van der Waals surface area (Å²) in [5.41, 5.74) is 2.16. The molecule has 0 atom stereocenters. The molecule has 0 aromatic carbocycles. The quantitative estimate of drug-likeness (QED) is 0.548. The Balaban J connectivity index is 4.18. The molecular weight excluding hydrogens is 134 g/mol. The molecule has 0 aromatic rings. The Kier molecular flexibility index (Phi) is 5.44. The summed E-state index contributed by atoms with van der Waals surface area (Å²) in [5, 5.41) is 0. The molecule has 0 fully saturated rings. The van der Waals surface area contributed by atoms with Crippen LogP contribution in [-0.2, 0) is 0 Å². The lowest BCUT2D eigenvalue weighted by Gasteiger charge is -1.92. The zero-order valence-electron chi connectivity index (χ0n) is 7.89. The fourth-order valence-corrected chi connectivity index (χ4v) is 0.898. The standard InChI is InChI=1S/C10H17N/c1-5-7-9(3)11-10(4)8-6-2/h5,7-8H,6H2,1-4H3/b7-5-,10-8+,11-9+. The van der Waals surface area contributed by atoms with Gasteiger partial charge in [0.15, 0.2) is 0 Å². The van der Waals surface area contributed by atoms with Crippen molar-refractivity contribution in [1.82, 2.24) is 0 Å². The third-order valence-electron chi connectivity index (χ3n) is 1.26. The highest BCUT2D eigenvalue weighted by Gasteiger charge is 1.83. The van der Waals surface area contributed by atoms with E-state index in [0.717, 1.165) is 17.8 Å². The number of aliphatic imine (C=N–C) groups is 1. The molecule has 0 aliphatic rings. The summed E-state index contributed by atoms with van der Waals surface area (Å²) in [5.74, 6) is 0. The number of nitrogens with zero attached hydrogens (tertiary/aromatic N) is 1. The van der Waals surface area contributed by atoms with Crippen molar-refractivity contribution in [3.05, 3.63) is 23.9 Å². The summed E-state index contributed by atoms with van der Waals surface area (Å²) in [6.07, 6.45) is 7.18. The Morgan fingerprint density at radius 1 is 1.36 bits per heavy atom. The monoisotopic (exact) mass is 151 g/mol. The molecule has 0 heterocycles. The van der Waals surface area contributed by atoms with E-state index in [4.69, 9.17) is 0 Å². The summed E-state index contributed by atoms with van der Waals surface area (Å²) in [6.45, 7) is 8.14. The Labute approximate surface area is 69.5 Å². The first-order valence-corrected chi connectivity index (χ1v) is 4.05. The maximum Gasteiger partial charge on any atom is 0.0372 e. The SMILES string of the molecule is C\C=C/C(C)=N/C(C)=C/CC. The van der Waals surface area contributed by atoms with Crippen molar-refractivity contribution in [3.63, 3.8) is 0 Å². The van der Waals surface area contributed by atoms with Gasteiger partial charge in [-0.2, -0.15) is 0 Å². The fraction of sp³-hybridized carbons (Fsp3) is 0.500. The Morgan fingerprint density at radius 2 is 2.00 bits per heavy atom. The van der Waals surface area contributed by atoms with Crippen LogP contribution in [0.25, 0.3) is 0 Å². The van der Waals surface area contributed by atoms with Gasteiger partial charge in [0.05, 0.1) is 0 Å². The second kappa shape index (κ2) is 5.90. The van der Waals surface area contributed by atoms with Gasteiger partial charge in [0.2, 0.25) is 0 Å². The van der Waals surface area contributed by atoms with Crippen LogP contribution in [0, 0.1) is 0 Å². The van der Waals surface area contributed by atoms with Crippen molar-refractivity contribution < 1.29 is 0 Å². The number of hydrogen-bond acceptors (Lipinski definition) is 1. The summed E-state index contributed by atoms with van der Waals surface area (Å²) in [4.78, 5) is 4.35. The Hall–Kier alpha value is -0.850. The van der Waals surface area contributed by atoms with Crippen molar-refractivity contribution in [2.24, 2.45) is 4.99 Å². The third-order valence-corrected chi connectivity index (χ3v) is 1.26. The molecule has 0 amide bonds. The van der Waals surface area contributed by atoms with E-state index in [-0.39, 0.29) is 0 Å². The lowest BCUT2D eigenvalue weighted by Crippen LogP contribution is -1.83. The van der Waals surface area contributed by atoms with Gasteiger partial charge in [0.25, 0.3) is 0 Å². The zero-order chi connectivity index (χ0) is 8.69. The van der Waals surface area contributed by atoms with Gasteiger partial charge < -0.3 is 0 Å². The van der Waals surface area contributed by atoms with Gasteiger partial charge in [0.1, 0.15) is 0 Å². The van der Waals surface area contributed by atoms with Crippen molar-refractivity contribution >= 4 is 5.71 Å². The predicted molar refractivity (Wildman–Crippen MR) is 52.0 cm³/mol. The van der Waals surface area contributed by atoms with E-state index < -0.39 is 0 Å². The van der Waals surface area contributed by atoms with Crippen molar-refractivity contribution in [1.29, 1.82) is 0 Å². The first-order chi connectivity index (χ1) is 5.20. The third kappa shape index (κ3) is 5.59. The molecule has 62 valence electrons. The molecule has 1 nitrogen and oxygen atoms in total. The maximum absolute atomic E-state index is 4.35. The highest BCUT2D eigenvalue weighted by atomic mass is 14.7. The first-order valence-electron chi connectivity index (χ1n) is 4.05. The normalized spacial score (nSPS) is 14.5. The summed E-state index contributed by atoms with van der Waals surface area (Å²) >= 11 is 0. The van der Waals surface area contributed by atoms with Gasteiger partial charge in [0, 0.05) is 11.4 Å². The van der Waals surface area contributed by atoms with Gasteiger partial charge in [-0.1, -0.05) is 19.1 Å². The molecule has 0 unspecified atom stereocenters. The van der Waals surface area contributed by atoms with Crippen LogP contribution >= 0.6 is 0 Å². The average Bonchev–Trinajstić information content (AvgIpc) is 1.87. The van der Waals surface area contributed by atoms with E-state index in [1.165, 1.54) is 0 Å². The number of allylic oxidation sites excluding steroid dienone is 4. The van der Waals surface area contributed by atoms with E-state index in [1.807, 2.05) is 32.9 Å². The van der Waals surface area contributed by atoms with Gasteiger partial charge >= 0.3 is 0 Å². The molecule has 1 heteroatoms. The first kappa shape index (κ1) is 10.2. The Bertz CT molecular complexity index is 185. The molecule has 11 heavy (non-hydrogen) atoms. The van der Waals surface area contributed by atoms with E-state index in [9.17, 15) is 0 Å². The minimum Gasteiger partial charge on any atom is -0.259 e. The number of rotatable bonds is 3. The molecule has 0 aromatic heterocycles. The van der Waals surface area contributed by atoms with Crippen LogP contribution in [0.5, 0.6) is 0 Å². The van der Waals surface area contributed by atoms with Crippen LogP contribution in [-0.4, -0.2) is 5.71 Å². The summed E-state index contributed by atoms with van der Waals surface area (Å²) < 4.78 is 0. The molecule has 0 saturated heterocycles. The van der Waals surface area contributed by atoms with Gasteiger partial charge in [-0.15, -0.1) is 0 Å². The van der Waals surface area contributed by atoms with E-state index in [2.05, 4.69) is 18.0 Å². The predicted octanol–water partition coefficient (Wildman–Crippen LogP) is 3.34. The molecule has 0 spiro atoms. The van der Waals surface area contributed by atoms with Crippen molar-refractivity contribution in [3.8, 4) is 0 Å². The van der Waals surface area contributed by atoms with Crippen molar-refractivity contribution in [2.45, 2.75) is 34.1 Å². The second-order valence-electron chi connectivity index (χ2n) is 2.51. The maximum atomic E-state index is 4.35. The van der Waals surface area contributed by atoms with Gasteiger partial charge in [-0.05, 0) is 33.3 Å². The highest BCUT2D eigenvalue weighted by Crippen LogP contribution is 1.97. The van der Waals surface area contributed by atoms with Crippen LogP contribution in [0.15, 0.2) is 28.9 Å². The number of hydrogen-bond donors (Lipinski definition) is 0. The molecular formula is C10H17N. The fourth-order valence-electron chi connectivity index (χ4n) is 0.898. The van der Waals surface area contributed by atoms with Crippen LogP contribution in [0.1, 0.15) is 34.1 Å². The van der Waals surface area contributed by atoms with Crippen LogP contribution in [0.4, 0.5) is 0 Å². The minimum atomic E-state index is 1.05. The second-order valence-corrected chi connectivity index (χ2v) is 2.51. The smallest absolute Gasteiger partial charge is 0.0372 e. The minimum absolute atomic E-state index is 1.05. The molecule has 0 N–H and O–H groups in total. The molecule has 0 aliphatic heterocycles. The lowest BCUT2D eigenvalue weighted by molar-refractivity contribution is 1.15. The van der Waals surface area contributed by atoms with Crippen LogP contribution < -0.4 is 0 Å². The molecule has 0 bridgehead atoms. The highest BCUT2D eigenvalue weighted by molar-refractivity contribution is 5.93. The Morgan fingerprint density at radius 3 is 2.45 bits per heavy atom. The molecule has 0 rings (SSSR count).